The molecule has 2 aromatic rings. The fraction of sp³-hybridized carbons (Fsp3) is 0.467. The Balaban J connectivity index is 1.89. The average molecular weight is 274 g/mol. The second-order valence-corrected chi connectivity index (χ2v) is 5.20. The molecule has 0 fully saturated rings. The topological polar surface area (TPSA) is 42.7 Å². The molecule has 0 amide bonds. The van der Waals surface area contributed by atoms with Gasteiger partial charge in [0.15, 0.2) is 0 Å². The second kappa shape index (κ2) is 5.61. The van der Waals surface area contributed by atoms with Gasteiger partial charge in [-0.2, -0.15) is 5.10 Å². The monoisotopic (exact) mass is 274 g/mol. The molecule has 0 saturated carbocycles. The van der Waals surface area contributed by atoms with Crippen LogP contribution < -0.4 is 5.32 Å². The first kappa shape index (κ1) is 13.1. The van der Waals surface area contributed by atoms with Gasteiger partial charge < -0.3 is 5.32 Å². The Hall–Kier alpha value is -1.91. The molecule has 0 aromatic carbocycles. The quantitative estimate of drug-likeness (QED) is 0.931. The van der Waals surface area contributed by atoms with Crippen molar-refractivity contribution in [3.05, 3.63) is 41.6 Å². The Morgan fingerprint density at radius 3 is 3.10 bits per heavy atom. The minimum Gasteiger partial charge on any atom is -0.370 e. The van der Waals surface area contributed by atoms with Gasteiger partial charge in [-0.3, -0.25) is 4.98 Å². The number of hydrogen-bond donors (Lipinski definition) is 1. The van der Waals surface area contributed by atoms with Crippen LogP contribution in [-0.2, 0) is 6.42 Å². The van der Waals surface area contributed by atoms with Crippen LogP contribution in [0.4, 0.5) is 10.2 Å². The van der Waals surface area contributed by atoms with Crippen LogP contribution in [0.2, 0.25) is 0 Å². The van der Waals surface area contributed by atoms with Crippen LogP contribution in [0.1, 0.15) is 43.6 Å². The molecule has 5 heteroatoms. The van der Waals surface area contributed by atoms with E-state index in [1.165, 1.54) is 18.7 Å². The molecular formula is C15H19FN4. The highest BCUT2D eigenvalue weighted by molar-refractivity contribution is 5.40. The van der Waals surface area contributed by atoms with Gasteiger partial charge in [0.2, 0.25) is 0 Å². The number of aromatic nitrogens is 3. The van der Waals surface area contributed by atoms with Crippen molar-refractivity contribution in [2.75, 3.05) is 11.9 Å². The standard InChI is InChI=1S/C15H19FN4/c1-2-3-4-12-9-15-17-8-7-14(20(15)19-12)13-6-5-11(16)10-18-13/h5-6,9-10,14,17H,2-4,7-8H2,1H3. The van der Waals surface area contributed by atoms with E-state index in [1.54, 1.807) is 6.07 Å². The summed E-state index contributed by atoms with van der Waals surface area (Å²) in [5.41, 5.74) is 1.99. The van der Waals surface area contributed by atoms with E-state index < -0.39 is 0 Å². The minimum absolute atomic E-state index is 0.0993. The average Bonchev–Trinajstić information content (AvgIpc) is 2.89. The highest BCUT2D eigenvalue weighted by Crippen LogP contribution is 2.29. The Bertz CT molecular complexity index is 576. The van der Waals surface area contributed by atoms with Gasteiger partial charge in [-0.1, -0.05) is 13.3 Å². The van der Waals surface area contributed by atoms with Crippen LogP contribution in [0, 0.1) is 5.82 Å². The van der Waals surface area contributed by atoms with Crippen molar-refractivity contribution in [3.63, 3.8) is 0 Å². The van der Waals surface area contributed by atoms with Gasteiger partial charge in [-0.15, -0.1) is 0 Å². The fourth-order valence-electron chi connectivity index (χ4n) is 2.61. The molecule has 0 aliphatic carbocycles. The molecule has 4 nitrogen and oxygen atoms in total. The van der Waals surface area contributed by atoms with Crippen LogP contribution in [-0.4, -0.2) is 21.3 Å². The van der Waals surface area contributed by atoms with Gasteiger partial charge in [0.1, 0.15) is 11.6 Å². The van der Waals surface area contributed by atoms with Crippen molar-refractivity contribution in [2.45, 2.75) is 38.6 Å². The zero-order valence-electron chi connectivity index (χ0n) is 11.6. The minimum atomic E-state index is -0.299. The van der Waals surface area contributed by atoms with E-state index in [-0.39, 0.29) is 11.9 Å². The van der Waals surface area contributed by atoms with Crippen LogP contribution >= 0.6 is 0 Å². The lowest BCUT2D eigenvalue weighted by atomic mass is 10.1. The maximum Gasteiger partial charge on any atom is 0.141 e. The number of hydrogen-bond acceptors (Lipinski definition) is 3. The molecule has 1 N–H and O–H groups in total. The number of aryl methyl sites for hydroxylation is 1. The lowest BCUT2D eigenvalue weighted by Crippen LogP contribution is -2.25. The molecule has 1 aliphatic rings. The number of fused-ring (bicyclic) bond motifs is 1. The van der Waals surface area contributed by atoms with Gasteiger partial charge in [0.25, 0.3) is 0 Å². The van der Waals surface area contributed by atoms with Crippen LogP contribution in [0.15, 0.2) is 24.4 Å². The Labute approximate surface area is 118 Å². The van der Waals surface area contributed by atoms with Crippen LogP contribution in [0.25, 0.3) is 0 Å². The summed E-state index contributed by atoms with van der Waals surface area (Å²) in [5.74, 6) is 0.741. The summed E-state index contributed by atoms with van der Waals surface area (Å²) in [6.45, 7) is 3.07. The van der Waals surface area contributed by atoms with Gasteiger partial charge >= 0.3 is 0 Å². The van der Waals surface area contributed by atoms with E-state index in [0.717, 1.165) is 43.0 Å². The summed E-state index contributed by atoms with van der Waals surface area (Å²) in [6.07, 6.45) is 5.51. The van der Waals surface area contributed by atoms with Crippen molar-refractivity contribution in [1.82, 2.24) is 14.8 Å². The zero-order chi connectivity index (χ0) is 13.9. The largest absolute Gasteiger partial charge is 0.370 e. The van der Waals surface area contributed by atoms with Crippen molar-refractivity contribution in [1.29, 1.82) is 0 Å². The zero-order valence-corrected chi connectivity index (χ0v) is 11.6. The molecule has 3 rings (SSSR count). The van der Waals surface area contributed by atoms with Crippen molar-refractivity contribution >= 4 is 5.82 Å². The van der Waals surface area contributed by atoms with E-state index >= 15 is 0 Å². The number of nitrogens with one attached hydrogen (secondary N) is 1. The van der Waals surface area contributed by atoms with Crippen LogP contribution in [0.5, 0.6) is 0 Å². The predicted molar refractivity (Wildman–Crippen MR) is 76.3 cm³/mol. The molecule has 0 saturated heterocycles. The van der Waals surface area contributed by atoms with E-state index in [9.17, 15) is 4.39 Å². The third kappa shape index (κ3) is 2.53. The number of pyridine rings is 1. The molecule has 3 heterocycles. The lowest BCUT2D eigenvalue weighted by Gasteiger charge is -2.25. The van der Waals surface area contributed by atoms with Gasteiger partial charge in [0, 0.05) is 12.6 Å². The molecule has 1 unspecified atom stereocenters. The van der Waals surface area contributed by atoms with E-state index in [2.05, 4.69) is 28.4 Å². The lowest BCUT2D eigenvalue weighted by molar-refractivity contribution is 0.465. The van der Waals surface area contributed by atoms with Crippen LogP contribution in [0.3, 0.4) is 0 Å². The molecule has 20 heavy (non-hydrogen) atoms. The highest BCUT2D eigenvalue weighted by Gasteiger charge is 2.23. The van der Waals surface area contributed by atoms with Crippen molar-refractivity contribution < 1.29 is 4.39 Å². The van der Waals surface area contributed by atoms with E-state index in [4.69, 9.17) is 0 Å². The molecule has 0 spiro atoms. The maximum absolute atomic E-state index is 13.0. The fourth-order valence-corrected chi connectivity index (χ4v) is 2.61. The number of halogens is 1. The first-order valence-electron chi connectivity index (χ1n) is 7.21. The molecule has 1 atom stereocenters. The maximum atomic E-state index is 13.0. The number of rotatable bonds is 4. The number of anilines is 1. The van der Waals surface area contributed by atoms with Crippen molar-refractivity contribution in [3.8, 4) is 0 Å². The third-order valence-corrected chi connectivity index (χ3v) is 3.68. The molecule has 2 aromatic heterocycles. The Morgan fingerprint density at radius 1 is 1.45 bits per heavy atom. The van der Waals surface area contributed by atoms with Gasteiger partial charge in [0.05, 0.1) is 23.6 Å². The van der Waals surface area contributed by atoms with Gasteiger partial charge in [-0.05, 0) is 31.4 Å². The summed E-state index contributed by atoms with van der Waals surface area (Å²) >= 11 is 0. The Morgan fingerprint density at radius 2 is 2.35 bits per heavy atom. The molecular weight excluding hydrogens is 255 g/mol. The van der Waals surface area contributed by atoms with E-state index in [0.29, 0.717) is 0 Å². The smallest absolute Gasteiger partial charge is 0.141 e. The van der Waals surface area contributed by atoms with Crippen molar-refractivity contribution in [2.24, 2.45) is 0 Å². The molecule has 1 aliphatic heterocycles. The third-order valence-electron chi connectivity index (χ3n) is 3.68. The first-order valence-corrected chi connectivity index (χ1v) is 7.21. The SMILES string of the molecule is CCCCc1cc2n(n1)C(c1ccc(F)cn1)CCN2. The first-order chi connectivity index (χ1) is 9.78. The predicted octanol–water partition coefficient (Wildman–Crippen LogP) is 3.16. The highest BCUT2D eigenvalue weighted by atomic mass is 19.1. The molecule has 0 bridgehead atoms. The summed E-state index contributed by atoms with van der Waals surface area (Å²) in [5, 5.41) is 8.06. The summed E-state index contributed by atoms with van der Waals surface area (Å²) < 4.78 is 15.0. The summed E-state index contributed by atoms with van der Waals surface area (Å²) in [4.78, 5) is 4.21. The van der Waals surface area contributed by atoms with Gasteiger partial charge in [-0.25, -0.2) is 9.07 Å². The number of unbranched alkanes of at least 4 members (excludes halogenated alkanes) is 1. The second-order valence-electron chi connectivity index (χ2n) is 5.20. The normalized spacial score (nSPS) is 17.6. The molecule has 0 radical (unpaired) electrons. The Kier molecular flexibility index (Phi) is 3.67. The number of nitrogens with zero attached hydrogens (tertiary/aromatic N) is 3. The molecule has 106 valence electrons. The summed E-state index contributed by atoms with van der Waals surface area (Å²) in [7, 11) is 0. The summed E-state index contributed by atoms with van der Waals surface area (Å²) in [6, 6.07) is 5.43. The van der Waals surface area contributed by atoms with E-state index in [1.807, 2.05) is 4.68 Å².